The molecule has 5 nitrogen and oxygen atoms in total. The summed E-state index contributed by atoms with van der Waals surface area (Å²) in [4.78, 5) is 0.320. The lowest BCUT2D eigenvalue weighted by atomic mass is 10.2. The zero-order valence-electron chi connectivity index (χ0n) is 15.7. The Hall–Kier alpha value is -1.11. The highest BCUT2D eigenvalue weighted by molar-refractivity contribution is 7.89. The zero-order chi connectivity index (χ0) is 18.3. The minimum absolute atomic E-state index is 0.274. The van der Waals surface area contributed by atoms with Crippen molar-refractivity contribution in [3.63, 3.8) is 0 Å². The van der Waals surface area contributed by atoms with Crippen LogP contribution in [-0.4, -0.2) is 46.1 Å². The Kier molecular flexibility index (Phi) is 8.19. The van der Waals surface area contributed by atoms with Gasteiger partial charge in [0.1, 0.15) is 12.4 Å². The molecule has 0 N–H and O–H groups in total. The van der Waals surface area contributed by atoms with Crippen LogP contribution in [0.25, 0.3) is 0 Å². The molecule has 0 saturated carbocycles. The number of hydrogen-bond acceptors (Lipinski definition) is 4. The first-order valence-corrected chi connectivity index (χ1v) is 9.85. The Morgan fingerprint density at radius 2 is 1.62 bits per heavy atom. The van der Waals surface area contributed by atoms with E-state index in [0.717, 1.165) is 5.56 Å². The maximum atomic E-state index is 13.0. The molecule has 0 amide bonds. The number of aryl methyl sites for hydroxylation is 1. The lowest BCUT2D eigenvalue weighted by molar-refractivity contribution is 0.146. The third-order valence-corrected chi connectivity index (χ3v) is 5.29. The van der Waals surface area contributed by atoms with Gasteiger partial charge >= 0.3 is 0 Å². The highest BCUT2D eigenvalue weighted by Gasteiger charge is 2.26. The molecule has 24 heavy (non-hydrogen) atoms. The highest BCUT2D eigenvalue weighted by atomic mass is 32.2. The van der Waals surface area contributed by atoms with Crippen LogP contribution in [0.2, 0.25) is 0 Å². The topological polar surface area (TPSA) is 55.8 Å². The molecular weight excluding hydrogens is 326 g/mol. The maximum absolute atomic E-state index is 13.0. The molecule has 0 fully saturated rings. The largest absolute Gasteiger partial charge is 0.491 e. The molecular formula is C18H31NO4S. The Morgan fingerprint density at radius 3 is 2.08 bits per heavy atom. The van der Waals surface area contributed by atoms with Crippen molar-refractivity contribution in [1.29, 1.82) is 0 Å². The smallest absolute Gasteiger partial charge is 0.243 e. The summed E-state index contributed by atoms with van der Waals surface area (Å²) in [6.07, 6.45) is 0. The zero-order valence-corrected chi connectivity index (χ0v) is 16.5. The number of ether oxygens (including phenoxy) is 2. The van der Waals surface area contributed by atoms with Crippen molar-refractivity contribution in [2.24, 2.45) is 11.8 Å². The van der Waals surface area contributed by atoms with E-state index in [1.807, 2.05) is 34.6 Å². The van der Waals surface area contributed by atoms with Gasteiger partial charge in [-0.05, 0) is 42.5 Å². The number of nitrogens with zero attached hydrogens (tertiary/aromatic N) is 1. The third kappa shape index (κ3) is 6.07. The van der Waals surface area contributed by atoms with Gasteiger partial charge < -0.3 is 9.47 Å². The van der Waals surface area contributed by atoms with E-state index in [-0.39, 0.29) is 11.8 Å². The molecule has 0 aromatic heterocycles. The van der Waals surface area contributed by atoms with Gasteiger partial charge in [-0.25, -0.2) is 8.42 Å². The second-order valence-electron chi connectivity index (χ2n) is 6.88. The minimum atomic E-state index is -3.50. The third-order valence-electron chi connectivity index (χ3n) is 3.47. The molecule has 0 bridgehead atoms. The molecule has 1 aromatic rings. The van der Waals surface area contributed by atoms with E-state index < -0.39 is 10.0 Å². The predicted molar refractivity (Wildman–Crippen MR) is 97.0 cm³/mol. The average molecular weight is 358 g/mol. The van der Waals surface area contributed by atoms with Gasteiger partial charge in [-0.2, -0.15) is 4.31 Å². The molecule has 0 radical (unpaired) electrons. The molecule has 0 aliphatic rings. The predicted octanol–water partition coefficient (Wildman–Crippen LogP) is 3.32. The molecule has 0 saturated heterocycles. The summed E-state index contributed by atoms with van der Waals surface area (Å²) in [5.74, 6) is 1.23. The Morgan fingerprint density at radius 1 is 1.04 bits per heavy atom. The van der Waals surface area contributed by atoms with Gasteiger partial charge in [-0.3, -0.25) is 0 Å². The Bertz CT molecular complexity index is 601. The van der Waals surface area contributed by atoms with Gasteiger partial charge in [-0.15, -0.1) is 0 Å². The van der Waals surface area contributed by atoms with Crippen LogP contribution in [0, 0.1) is 18.8 Å². The van der Waals surface area contributed by atoms with E-state index in [2.05, 4.69) is 0 Å². The van der Waals surface area contributed by atoms with E-state index in [4.69, 9.17) is 9.47 Å². The molecule has 0 atom stereocenters. The number of sulfonamides is 1. The maximum Gasteiger partial charge on any atom is 0.243 e. The fraction of sp³-hybridized carbons (Fsp3) is 0.667. The lowest BCUT2D eigenvalue weighted by Gasteiger charge is -2.26. The van der Waals surface area contributed by atoms with Gasteiger partial charge in [0.15, 0.2) is 0 Å². The Labute approximate surface area is 147 Å². The first-order chi connectivity index (χ1) is 11.2. The normalized spacial score (nSPS) is 12.4. The first kappa shape index (κ1) is 20.9. The van der Waals surface area contributed by atoms with Crippen molar-refractivity contribution in [3.05, 3.63) is 23.8 Å². The molecule has 0 heterocycles. The van der Waals surface area contributed by atoms with Crippen molar-refractivity contribution in [2.45, 2.75) is 39.5 Å². The number of methoxy groups -OCH3 is 1. The van der Waals surface area contributed by atoms with Crippen LogP contribution in [0.4, 0.5) is 0 Å². The number of benzene rings is 1. The SMILES string of the molecule is COCCOc1ccc(S(=O)(=O)N(CC(C)C)CC(C)C)cc1C. The first-order valence-electron chi connectivity index (χ1n) is 8.41. The van der Waals surface area contributed by atoms with Crippen LogP contribution < -0.4 is 4.74 Å². The van der Waals surface area contributed by atoms with Gasteiger partial charge in [0.05, 0.1) is 11.5 Å². The summed E-state index contributed by atoms with van der Waals surface area (Å²) in [7, 11) is -1.89. The van der Waals surface area contributed by atoms with E-state index in [0.29, 0.717) is 36.9 Å². The quantitative estimate of drug-likeness (QED) is 0.603. The molecule has 0 aliphatic carbocycles. The summed E-state index contributed by atoms with van der Waals surface area (Å²) in [6, 6.07) is 5.03. The standard InChI is InChI=1S/C18H31NO4S/c1-14(2)12-19(13-15(3)4)24(20,21)17-7-8-18(16(5)11-17)23-10-9-22-6/h7-8,11,14-15H,9-10,12-13H2,1-6H3. The molecule has 138 valence electrons. The number of rotatable bonds is 10. The highest BCUT2D eigenvalue weighted by Crippen LogP contribution is 2.25. The fourth-order valence-corrected chi connectivity index (χ4v) is 4.27. The van der Waals surface area contributed by atoms with Crippen LogP contribution in [-0.2, 0) is 14.8 Å². The van der Waals surface area contributed by atoms with E-state index in [9.17, 15) is 8.42 Å². The molecule has 0 aliphatic heterocycles. The van der Waals surface area contributed by atoms with E-state index >= 15 is 0 Å². The number of hydrogen-bond donors (Lipinski definition) is 0. The summed E-state index contributed by atoms with van der Waals surface area (Å²) in [5.41, 5.74) is 0.807. The van der Waals surface area contributed by atoms with Crippen LogP contribution >= 0.6 is 0 Å². The summed E-state index contributed by atoms with van der Waals surface area (Å²) in [5, 5.41) is 0. The van der Waals surface area contributed by atoms with Crippen molar-refractivity contribution in [2.75, 3.05) is 33.4 Å². The molecule has 0 spiro atoms. The van der Waals surface area contributed by atoms with E-state index in [1.165, 1.54) is 0 Å². The molecule has 0 unspecified atom stereocenters. The van der Waals surface area contributed by atoms with E-state index in [1.54, 1.807) is 29.6 Å². The van der Waals surface area contributed by atoms with Crippen molar-refractivity contribution in [3.8, 4) is 5.75 Å². The van der Waals surface area contributed by atoms with Gasteiger partial charge in [0.2, 0.25) is 10.0 Å². The monoisotopic (exact) mass is 357 g/mol. The van der Waals surface area contributed by atoms with Gasteiger partial charge in [0.25, 0.3) is 0 Å². The van der Waals surface area contributed by atoms with Crippen LogP contribution in [0.5, 0.6) is 5.75 Å². The van der Waals surface area contributed by atoms with Gasteiger partial charge in [0, 0.05) is 20.2 Å². The van der Waals surface area contributed by atoms with Crippen LogP contribution in [0.1, 0.15) is 33.3 Å². The van der Waals surface area contributed by atoms with Crippen LogP contribution in [0.15, 0.2) is 23.1 Å². The van der Waals surface area contributed by atoms with Crippen molar-refractivity contribution in [1.82, 2.24) is 4.31 Å². The average Bonchev–Trinajstić information content (AvgIpc) is 2.47. The summed E-state index contributed by atoms with van der Waals surface area (Å²) >= 11 is 0. The van der Waals surface area contributed by atoms with Crippen molar-refractivity contribution >= 4 is 10.0 Å². The van der Waals surface area contributed by atoms with Gasteiger partial charge in [-0.1, -0.05) is 27.7 Å². The second-order valence-corrected chi connectivity index (χ2v) is 8.82. The lowest BCUT2D eigenvalue weighted by Crippen LogP contribution is -2.37. The summed E-state index contributed by atoms with van der Waals surface area (Å²) < 4.78 is 38.1. The second kappa shape index (κ2) is 9.39. The van der Waals surface area contributed by atoms with Crippen LogP contribution in [0.3, 0.4) is 0 Å². The molecule has 6 heteroatoms. The molecule has 1 rings (SSSR count). The summed E-state index contributed by atoms with van der Waals surface area (Å²) in [6.45, 7) is 11.9. The van der Waals surface area contributed by atoms with Crippen molar-refractivity contribution < 1.29 is 17.9 Å². The Balaban J connectivity index is 3.04. The minimum Gasteiger partial charge on any atom is -0.491 e. The fourth-order valence-electron chi connectivity index (χ4n) is 2.41. The molecule has 1 aromatic carbocycles.